The van der Waals surface area contributed by atoms with Gasteiger partial charge in [-0.25, -0.2) is 0 Å². The van der Waals surface area contributed by atoms with Crippen LogP contribution in [0.15, 0.2) is 27.1 Å². The maximum Gasteiger partial charge on any atom is 0.401 e. The maximum absolute atomic E-state index is 12.3. The Labute approximate surface area is 139 Å². The molecule has 7 heteroatoms. The van der Waals surface area contributed by atoms with Crippen LogP contribution in [-0.4, -0.2) is 37.3 Å². The average Bonchev–Trinajstić information content (AvgIpc) is 2.79. The number of likely N-dealkylation sites (tertiary alicyclic amines) is 1. The lowest BCUT2D eigenvalue weighted by Gasteiger charge is -2.18. The molecule has 1 fully saturated rings. The van der Waals surface area contributed by atoms with Gasteiger partial charge in [0.05, 0.1) is 6.54 Å². The van der Waals surface area contributed by atoms with Crippen LogP contribution in [0.25, 0.3) is 0 Å². The summed E-state index contributed by atoms with van der Waals surface area (Å²) in [5, 5.41) is 3.33. The van der Waals surface area contributed by atoms with E-state index in [1.807, 2.05) is 18.2 Å². The summed E-state index contributed by atoms with van der Waals surface area (Å²) >= 11 is 6.87. The lowest BCUT2D eigenvalue weighted by atomic mass is 10.1. The Morgan fingerprint density at radius 2 is 2.00 bits per heavy atom. The van der Waals surface area contributed by atoms with Crippen LogP contribution in [0.3, 0.4) is 0 Å². The fourth-order valence-corrected chi connectivity index (χ4v) is 3.22. The highest BCUT2D eigenvalue weighted by atomic mass is 79.9. The van der Waals surface area contributed by atoms with Crippen molar-refractivity contribution in [3.8, 4) is 0 Å². The molecule has 0 radical (unpaired) electrons. The Kier molecular flexibility index (Phi) is 6.11. The smallest absolute Gasteiger partial charge is 0.312 e. The first-order chi connectivity index (χ1) is 9.83. The van der Waals surface area contributed by atoms with E-state index in [-0.39, 0.29) is 0 Å². The van der Waals surface area contributed by atoms with E-state index in [2.05, 4.69) is 37.2 Å². The van der Waals surface area contributed by atoms with E-state index in [1.54, 1.807) is 0 Å². The third kappa shape index (κ3) is 5.88. The van der Waals surface area contributed by atoms with E-state index in [0.29, 0.717) is 19.0 Å². The fraction of sp³-hybridized carbons (Fsp3) is 0.571. The highest BCUT2D eigenvalue weighted by molar-refractivity contribution is 9.13. The normalized spacial score (nSPS) is 20.1. The van der Waals surface area contributed by atoms with Gasteiger partial charge < -0.3 is 5.32 Å². The number of halogens is 5. The first-order valence-electron chi connectivity index (χ1n) is 6.77. The quantitative estimate of drug-likeness (QED) is 0.755. The predicted octanol–water partition coefficient (Wildman–Crippen LogP) is 4.19. The maximum atomic E-state index is 12.3. The second-order valence-electron chi connectivity index (χ2n) is 5.38. The van der Waals surface area contributed by atoms with Crippen molar-refractivity contribution in [1.82, 2.24) is 10.2 Å². The minimum absolute atomic E-state index is 0.297. The van der Waals surface area contributed by atoms with Crippen LogP contribution in [0.5, 0.6) is 0 Å². The van der Waals surface area contributed by atoms with E-state index in [4.69, 9.17) is 0 Å². The van der Waals surface area contributed by atoms with Gasteiger partial charge in [-0.2, -0.15) is 13.2 Å². The molecule has 0 bridgehead atoms. The van der Waals surface area contributed by atoms with Crippen molar-refractivity contribution in [2.24, 2.45) is 5.92 Å². The number of benzene rings is 1. The molecule has 1 aromatic carbocycles. The highest BCUT2D eigenvalue weighted by Crippen LogP contribution is 2.24. The van der Waals surface area contributed by atoms with E-state index >= 15 is 0 Å². The molecule has 1 N–H and O–H groups in total. The van der Waals surface area contributed by atoms with Crippen LogP contribution in [0, 0.1) is 5.92 Å². The largest absolute Gasteiger partial charge is 0.401 e. The van der Waals surface area contributed by atoms with E-state index in [1.165, 1.54) is 4.90 Å². The van der Waals surface area contributed by atoms with Crippen molar-refractivity contribution in [3.05, 3.63) is 32.7 Å². The summed E-state index contributed by atoms with van der Waals surface area (Å²) in [4.78, 5) is 1.49. The Balaban J connectivity index is 1.71. The lowest BCUT2D eigenvalue weighted by Crippen LogP contribution is -2.33. The molecule has 0 amide bonds. The zero-order valence-corrected chi connectivity index (χ0v) is 14.6. The summed E-state index contributed by atoms with van der Waals surface area (Å²) in [5.41, 5.74) is 1.15. The van der Waals surface area contributed by atoms with Crippen LogP contribution in [0.2, 0.25) is 0 Å². The molecular weight excluding hydrogens is 413 g/mol. The van der Waals surface area contributed by atoms with Crippen molar-refractivity contribution >= 4 is 31.9 Å². The topological polar surface area (TPSA) is 15.3 Å². The van der Waals surface area contributed by atoms with Crippen molar-refractivity contribution in [1.29, 1.82) is 0 Å². The van der Waals surface area contributed by atoms with Gasteiger partial charge in [0, 0.05) is 22.0 Å². The molecule has 0 saturated carbocycles. The molecular formula is C14H17Br2F3N2. The van der Waals surface area contributed by atoms with Crippen molar-refractivity contribution < 1.29 is 13.2 Å². The van der Waals surface area contributed by atoms with Gasteiger partial charge in [0.25, 0.3) is 0 Å². The van der Waals surface area contributed by atoms with Gasteiger partial charge >= 0.3 is 6.18 Å². The summed E-state index contributed by atoms with van der Waals surface area (Å²) in [6.45, 7) is 1.75. The third-order valence-corrected chi connectivity index (χ3v) is 5.40. The zero-order chi connectivity index (χ0) is 15.5. The Morgan fingerprint density at radius 3 is 2.67 bits per heavy atom. The van der Waals surface area contributed by atoms with Crippen LogP contribution < -0.4 is 5.32 Å². The number of hydrogen-bond acceptors (Lipinski definition) is 2. The summed E-state index contributed by atoms with van der Waals surface area (Å²) in [6.07, 6.45) is -3.26. The Hall–Kier alpha value is -0.110. The minimum atomic E-state index is -4.09. The van der Waals surface area contributed by atoms with Gasteiger partial charge in [0.2, 0.25) is 0 Å². The van der Waals surface area contributed by atoms with Gasteiger partial charge in [-0.15, -0.1) is 0 Å². The summed E-state index contributed by atoms with van der Waals surface area (Å²) in [5.74, 6) is 0.297. The second-order valence-corrected chi connectivity index (χ2v) is 7.09. The van der Waals surface area contributed by atoms with Crippen molar-refractivity contribution in [2.45, 2.75) is 19.1 Å². The molecule has 1 aliphatic heterocycles. The van der Waals surface area contributed by atoms with Crippen LogP contribution >= 0.6 is 31.9 Å². The molecule has 21 heavy (non-hydrogen) atoms. The van der Waals surface area contributed by atoms with E-state index < -0.39 is 12.7 Å². The predicted molar refractivity (Wildman–Crippen MR) is 84.2 cm³/mol. The molecule has 1 aliphatic rings. The molecule has 1 saturated heterocycles. The molecule has 1 heterocycles. The molecule has 2 nitrogen and oxygen atoms in total. The van der Waals surface area contributed by atoms with Crippen molar-refractivity contribution in [3.63, 3.8) is 0 Å². The molecule has 1 atom stereocenters. The van der Waals surface area contributed by atoms with Gasteiger partial charge in [0.15, 0.2) is 0 Å². The monoisotopic (exact) mass is 428 g/mol. The first-order valence-corrected chi connectivity index (χ1v) is 8.36. The zero-order valence-electron chi connectivity index (χ0n) is 11.4. The van der Waals surface area contributed by atoms with Crippen LogP contribution in [-0.2, 0) is 6.54 Å². The summed E-state index contributed by atoms with van der Waals surface area (Å²) in [7, 11) is 0. The number of nitrogens with zero attached hydrogens (tertiary/aromatic N) is 1. The molecule has 1 unspecified atom stereocenters. The van der Waals surface area contributed by atoms with Crippen LogP contribution in [0.1, 0.15) is 12.0 Å². The van der Waals surface area contributed by atoms with E-state index in [9.17, 15) is 13.2 Å². The molecule has 0 aromatic heterocycles. The number of alkyl halides is 3. The van der Waals surface area contributed by atoms with Crippen molar-refractivity contribution in [2.75, 3.05) is 26.2 Å². The van der Waals surface area contributed by atoms with E-state index in [0.717, 1.165) is 34.0 Å². The first kappa shape index (κ1) is 17.2. The van der Waals surface area contributed by atoms with Gasteiger partial charge in [-0.3, -0.25) is 4.90 Å². The van der Waals surface area contributed by atoms with Gasteiger partial charge in [-0.1, -0.05) is 6.07 Å². The number of rotatable bonds is 5. The molecule has 118 valence electrons. The van der Waals surface area contributed by atoms with Gasteiger partial charge in [-0.05, 0) is 75.0 Å². The van der Waals surface area contributed by atoms with Gasteiger partial charge in [0.1, 0.15) is 0 Å². The molecule has 0 aliphatic carbocycles. The Bertz CT molecular complexity index is 480. The number of nitrogens with one attached hydrogen (secondary N) is 1. The minimum Gasteiger partial charge on any atom is -0.312 e. The molecule has 1 aromatic rings. The standard InChI is InChI=1S/C14H17Br2F3N2/c15-12-2-1-10(5-13(12)16)6-20-7-11-3-4-21(8-11)9-14(17,18)19/h1-2,5,11,20H,3-4,6-9H2. The SMILES string of the molecule is FC(F)(F)CN1CCC(CNCc2ccc(Br)c(Br)c2)C1. The lowest BCUT2D eigenvalue weighted by molar-refractivity contribution is -0.143. The number of hydrogen-bond donors (Lipinski definition) is 1. The molecule has 2 rings (SSSR count). The van der Waals surface area contributed by atoms with Crippen LogP contribution in [0.4, 0.5) is 13.2 Å². The average molecular weight is 430 g/mol. The second kappa shape index (κ2) is 7.44. The highest BCUT2D eigenvalue weighted by Gasteiger charge is 2.34. The third-order valence-electron chi connectivity index (χ3n) is 3.52. The summed E-state index contributed by atoms with van der Waals surface area (Å²) in [6, 6.07) is 6.02. The Morgan fingerprint density at radius 1 is 1.24 bits per heavy atom. The fourth-order valence-electron chi connectivity index (χ4n) is 2.55. The summed E-state index contributed by atoms with van der Waals surface area (Å²) < 4.78 is 38.9. The molecule has 0 spiro atoms.